The quantitative estimate of drug-likeness (QED) is 0.626. The summed E-state index contributed by atoms with van der Waals surface area (Å²) >= 11 is 5.85. The molecule has 5 nitrogen and oxygen atoms in total. The van der Waals surface area contributed by atoms with Crippen LogP contribution in [0.1, 0.15) is 11.1 Å². The Kier molecular flexibility index (Phi) is 3.87. The molecule has 20 heavy (non-hydrogen) atoms. The maximum Gasteiger partial charge on any atom is 0.290 e. The number of rotatable bonds is 3. The number of halogens is 1. The lowest BCUT2D eigenvalue weighted by atomic mass is 10.2. The Hall–Kier alpha value is -2.58. The first-order chi connectivity index (χ1) is 9.51. The van der Waals surface area contributed by atoms with Crippen LogP contribution in [0, 0.1) is 28.4 Å². The van der Waals surface area contributed by atoms with Crippen LogP contribution < -0.4 is 4.74 Å². The molecule has 2 rings (SSSR count). The number of nitriles is 1. The number of nitro groups is 1. The maximum atomic E-state index is 10.9. The van der Waals surface area contributed by atoms with E-state index in [4.69, 9.17) is 21.6 Å². The van der Waals surface area contributed by atoms with E-state index in [9.17, 15) is 10.1 Å². The summed E-state index contributed by atoms with van der Waals surface area (Å²) in [6.45, 7) is 1.82. The van der Waals surface area contributed by atoms with Gasteiger partial charge in [-0.2, -0.15) is 5.26 Å². The Bertz CT molecular complexity index is 723. The molecule has 0 bridgehead atoms. The molecule has 0 aromatic heterocycles. The van der Waals surface area contributed by atoms with Crippen molar-refractivity contribution >= 4 is 17.3 Å². The van der Waals surface area contributed by atoms with E-state index in [-0.39, 0.29) is 11.3 Å². The van der Waals surface area contributed by atoms with Gasteiger partial charge in [0, 0.05) is 5.02 Å². The minimum Gasteiger partial charge on any atom is -0.457 e. The molecule has 0 aliphatic rings. The zero-order valence-corrected chi connectivity index (χ0v) is 11.2. The average Bonchev–Trinajstić information content (AvgIpc) is 2.41. The van der Waals surface area contributed by atoms with Crippen molar-refractivity contribution < 1.29 is 9.66 Å². The fraction of sp³-hybridized carbons (Fsp3) is 0.0714. The number of nitrogens with zero attached hydrogens (tertiary/aromatic N) is 2. The molecule has 0 radical (unpaired) electrons. The lowest BCUT2D eigenvalue weighted by Gasteiger charge is -2.09. The van der Waals surface area contributed by atoms with Crippen LogP contribution in [0.2, 0.25) is 5.02 Å². The van der Waals surface area contributed by atoms with E-state index < -0.39 is 4.92 Å². The molecule has 0 fully saturated rings. The summed E-state index contributed by atoms with van der Waals surface area (Å²) in [5, 5.41) is 20.3. The summed E-state index contributed by atoms with van der Waals surface area (Å²) in [6, 6.07) is 11.0. The van der Waals surface area contributed by atoms with Gasteiger partial charge in [-0.25, -0.2) is 0 Å². The van der Waals surface area contributed by atoms with E-state index >= 15 is 0 Å². The van der Waals surface area contributed by atoms with Gasteiger partial charge in [0.2, 0.25) is 0 Å². The Morgan fingerprint density at radius 1 is 1.30 bits per heavy atom. The fourth-order valence-electron chi connectivity index (χ4n) is 1.67. The highest BCUT2D eigenvalue weighted by molar-refractivity contribution is 6.30. The number of aryl methyl sites for hydroxylation is 1. The number of nitro benzene ring substituents is 1. The van der Waals surface area contributed by atoms with Gasteiger partial charge in [-0.15, -0.1) is 0 Å². The number of benzene rings is 2. The van der Waals surface area contributed by atoms with Crippen LogP contribution in [0.15, 0.2) is 36.4 Å². The fourth-order valence-corrected chi connectivity index (χ4v) is 1.90. The molecule has 2 aromatic rings. The number of ether oxygens (including phenoxy) is 1. The molecular formula is C14H9ClN2O3. The van der Waals surface area contributed by atoms with Crippen molar-refractivity contribution in [3.8, 4) is 17.6 Å². The van der Waals surface area contributed by atoms with Crippen LogP contribution in [0.25, 0.3) is 0 Å². The normalized spacial score (nSPS) is 9.85. The van der Waals surface area contributed by atoms with Gasteiger partial charge >= 0.3 is 0 Å². The highest BCUT2D eigenvalue weighted by Gasteiger charge is 2.15. The van der Waals surface area contributed by atoms with E-state index in [1.165, 1.54) is 18.2 Å². The molecule has 0 heterocycles. The highest BCUT2D eigenvalue weighted by atomic mass is 35.5. The zero-order chi connectivity index (χ0) is 14.7. The van der Waals surface area contributed by atoms with Crippen molar-refractivity contribution in [2.24, 2.45) is 0 Å². The van der Waals surface area contributed by atoms with Gasteiger partial charge in [-0.3, -0.25) is 10.1 Å². The van der Waals surface area contributed by atoms with Crippen LogP contribution in [-0.4, -0.2) is 4.92 Å². The van der Waals surface area contributed by atoms with Crippen molar-refractivity contribution in [1.29, 1.82) is 5.26 Å². The second-order valence-electron chi connectivity index (χ2n) is 4.06. The van der Waals surface area contributed by atoms with Gasteiger partial charge < -0.3 is 4.74 Å². The van der Waals surface area contributed by atoms with Gasteiger partial charge in [-0.05, 0) is 42.8 Å². The molecule has 0 spiro atoms. The predicted octanol–water partition coefficient (Wildman–Crippen LogP) is 4.22. The molecule has 0 N–H and O–H groups in total. The standard InChI is InChI=1S/C14H9ClN2O3/c1-9-6-11(15)3-5-14(9)20-12-4-2-10(8-16)13(7-12)17(18)19/h2-7H,1H3. The summed E-state index contributed by atoms with van der Waals surface area (Å²) < 4.78 is 5.58. The van der Waals surface area contributed by atoms with E-state index in [1.807, 2.05) is 6.92 Å². The molecule has 0 aliphatic carbocycles. The molecule has 6 heteroatoms. The van der Waals surface area contributed by atoms with E-state index in [0.717, 1.165) is 5.56 Å². The molecule has 0 amide bonds. The molecule has 0 atom stereocenters. The molecule has 0 saturated carbocycles. The van der Waals surface area contributed by atoms with Gasteiger partial charge in [0.05, 0.1) is 11.0 Å². The van der Waals surface area contributed by atoms with Crippen LogP contribution in [0.4, 0.5) is 5.69 Å². The molecule has 0 unspecified atom stereocenters. The first-order valence-corrected chi connectivity index (χ1v) is 6.01. The molecule has 100 valence electrons. The highest BCUT2D eigenvalue weighted by Crippen LogP contribution is 2.30. The average molecular weight is 289 g/mol. The van der Waals surface area contributed by atoms with Crippen LogP contribution >= 0.6 is 11.6 Å². The smallest absolute Gasteiger partial charge is 0.290 e. The van der Waals surface area contributed by atoms with Gasteiger partial charge in [0.25, 0.3) is 5.69 Å². The van der Waals surface area contributed by atoms with Crippen LogP contribution in [0.3, 0.4) is 0 Å². The van der Waals surface area contributed by atoms with Gasteiger partial charge in [0.15, 0.2) is 0 Å². The molecule has 2 aromatic carbocycles. The monoisotopic (exact) mass is 288 g/mol. The first kappa shape index (κ1) is 13.8. The van der Waals surface area contributed by atoms with E-state index in [0.29, 0.717) is 16.5 Å². The van der Waals surface area contributed by atoms with Crippen molar-refractivity contribution in [3.63, 3.8) is 0 Å². The van der Waals surface area contributed by atoms with Crippen molar-refractivity contribution in [2.75, 3.05) is 0 Å². The first-order valence-electron chi connectivity index (χ1n) is 5.64. The number of hydrogen-bond acceptors (Lipinski definition) is 4. The summed E-state index contributed by atoms with van der Waals surface area (Å²) in [5.41, 5.74) is 0.524. The lowest BCUT2D eigenvalue weighted by molar-refractivity contribution is -0.385. The zero-order valence-electron chi connectivity index (χ0n) is 10.5. The minimum absolute atomic E-state index is 0.00446. The van der Waals surface area contributed by atoms with E-state index in [2.05, 4.69) is 0 Å². The van der Waals surface area contributed by atoms with Crippen LogP contribution in [0.5, 0.6) is 11.5 Å². The maximum absolute atomic E-state index is 10.9. The molecular weight excluding hydrogens is 280 g/mol. The Balaban J connectivity index is 2.37. The summed E-state index contributed by atoms with van der Waals surface area (Å²) in [4.78, 5) is 10.3. The third kappa shape index (κ3) is 2.87. The molecule has 0 aliphatic heterocycles. The number of hydrogen-bond donors (Lipinski definition) is 0. The van der Waals surface area contributed by atoms with Crippen LogP contribution in [-0.2, 0) is 0 Å². The Morgan fingerprint density at radius 3 is 2.65 bits per heavy atom. The van der Waals surface area contributed by atoms with Crippen molar-refractivity contribution in [1.82, 2.24) is 0 Å². The third-order valence-electron chi connectivity index (χ3n) is 2.65. The van der Waals surface area contributed by atoms with Crippen molar-refractivity contribution in [3.05, 3.63) is 62.7 Å². The van der Waals surface area contributed by atoms with Gasteiger partial charge in [-0.1, -0.05) is 11.6 Å². The minimum atomic E-state index is -0.611. The summed E-state index contributed by atoms with van der Waals surface area (Å²) in [7, 11) is 0. The third-order valence-corrected chi connectivity index (χ3v) is 2.89. The Morgan fingerprint density at radius 2 is 2.05 bits per heavy atom. The van der Waals surface area contributed by atoms with Crippen molar-refractivity contribution in [2.45, 2.75) is 6.92 Å². The Labute approximate surface area is 120 Å². The predicted molar refractivity (Wildman–Crippen MR) is 74.1 cm³/mol. The van der Waals surface area contributed by atoms with E-state index in [1.54, 1.807) is 24.3 Å². The van der Waals surface area contributed by atoms with Gasteiger partial charge in [0.1, 0.15) is 23.1 Å². The second kappa shape index (κ2) is 5.59. The topological polar surface area (TPSA) is 76.2 Å². The second-order valence-corrected chi connectivity index (χ2v) is 4.50. The lowest BCUT2D eigenvalue weighted by Crippen LogP contribution is -1.94. The SMILES string of the molecule is Cc1cc(Cl)ccc1Oc1ccc(C#N)c([N+](=O)[O-])c1. The summed E-state index contributed by atoms with van der Waals surface area (Å²) in [5.74, 6) is 0.842. The largest absolute Gasteiger partial charge is 0.457 e. The summed E-state index contributed by atoms with van der Waals surface area (Å²) in [6.07, 6.45) is 0. The molecule has 0 saturated heterocycles.